The van der Waals surface area contributed by atoms with Gasteiger partial charge in [-0.15, -0.1) is 0 Å². The lowest BCUT2D eigenvalue weighted by Crippen LogP contribution is -2.35. The minimum Gasteiger partial charge on any atom is -0.508 e. The van der Waals surface area contributed by atoms with Gasteiger partial charge in [-0.05, 0) is 36.5 Å². The Morgan fingerprint density at radius 2 is 2.08 bits per heavy atom. The maximum Gasteiger partial charge on any atom is 0.249 e. The topological polar surface area (TPSA) is 68.2 Å². The number of methoxy groups -OCH3 is 1. The van der Waals surface area contributed by atoms with Gasteiger partial charge in [-0.25, -0.2) is 5.06 Å². The van der Waals surface area contributed by atoms with Crippen molar-refractivity contribution in [2.75, 3.05) is 28.1 Å². The van der Waals surface area contributed by atoms with E-state index in [-0.39, 0.29) is 35.7 Å². The maximum absolute atomic E-state index is 12.7. The van der Waals surface area contributed by atoms with Crippen molar-refractivity contribution >= 4 is 5.91 Å². The fraction of sp³-hybridized carbons (Fsp3) is 0.611. The molecule has 0 aliphatic heterocycles. The summed E-state index contributed by atoms with van der Waals surface area (Å²) in [5.41, 5.74) is 0.728. The second-order valence-corrected chi connectivity index (χ2v) is 6.90. The van der Waals surface area contributed by atoms with Crippen molar-refractivity contribution in [2.45, 2.75) is 32.6 Å². The van der Waals surface area contributed by atoms with E-state index in [1.54, 1.807) is 32.4 Å². The monoisotopic (exact) mass is 337 g/mol. The Balaban J connectivity index is 2.45. The number of hydrogen-bond acceptors (Lipinski definition) is 5. The molecule has 0 saturated heterocycles. The molecule has 1 fully saturated rings. The number of hydrogen-bond donors (Lipinski definition) is 1. The second kappa shape index (κ2) is 7.40. The van der Waals surface area contributed by atoms with Crippen LogP contribution < -0.4 is 4.74 Å². The van der Waals surface area contributed by atoms with E-state index >= 15 is 0 Å². The predicted octanol–water partition coefficient (Wildman–Crippen LogP) is 2.91. The van der Waals surface area contributed by atoms with Crippen LogP contribution in [0.1, 0.15) is 38.2 Å². The smallest absolute Gasteiger partial charge is 0.249 e. The minimum atomic E-state index is -0.225. The number of aromatic hydroxyl groups is 1. The van der Waals surface area contributed by atoms with Crippen LogP contribution in [0.15, 0.2) is 18.2 Å². The van der Waals surface area contributed by atoms with Crippen LogP contribution in [0, 0.1) is 11.3 Å². The Bertz CT molecular complexity index is 587. The number of rotatable bonds is 6. The van der Waals surface area contributed by atoms with Gasteiger partial charge in [0.2, 0.25) is 5.91 Å². The lowest BCUT2D eigenvalue weighted by molar-refractivity contribution is -0.174. The van der Waals surface area contributed by atoms with Crippen molar-refractivity contribution in [1.29, 1.82) is 0 Å². The van der Waals surface area contributed by atoms with E-state index in [1.165, 1.54) is 12.2 Å². The number of amides is 1. The molecule has 2 atom stereocenters. The highest BCUT2D eigenvalue weighted by molar-refractivity contribution is 5.79. The quantitative estimate of drug-likeness (QED) is 0.638. The molecule has 2 rings (SSSR count). The van der Waals surface area contributed by atoms with Gasteiger partial charge in [0, 0.05) is 31.6 Å². The van der Waals surface area contributed by atoms with Gasteiger partial charge in [0.25, 0.3) is 0 Å². The van der Waals surface area contributed by atoms with Gasteiger partial charge in [-0.3, -0.25) is 9.63 Å². The Morgan fingerprint density at radius 1 is 1.38 bits per heavy atom. The normalized spacial score (nSPS) is 22.4. The third kappa shape index (κ3) is 3.65. The molecule has 1 aromatic rings. The molecule has 1 aliphatic rings. The summed E-state index contributed by atoms with van der Waals surface area (Å²) in [6.07, 6.45) is 1.68. The van der Waals surface area contributed by atoms with E-state index in [2.05, 4.69) is 13.8 Å². The Hall–Kier alpha value is -1.79. The molecule has 0 spiro atoms. The lowest BCUT2D eigenvalue weighted by Gasteiger charge is -2.33. The van der Waals surface area contributed by atoms with Crippen LogP contribution in [0.25, 0.3) is 0 Å². The molecule has 0 heterocycles. The summed E-state index contributed by atoms with van der Waals surface area (Å²) < 4.78 is 10.7. The highest BCUT2D eigenvalue weighted by atomic mass is 16.7. The first-order valence-corrected chi connectivity index (χ1v) is 8.08. The number of nitrogens with zero attached hydrogens (tertiary/aromatic N) is 1. The molecule has 1 saturated carbocycles. The highest BCUT2D eigenvalue weighted by Gasteiger charge is 2.48. The first kappa shape index (κ1) is 18.5. The van der Waals surface area contributed by atoms with E-state index in [4.69, 9.17) is 14.3 Å². The summed E-state index contributed by atoms with van der Waals surface area (Å²) >= 11 is 0. The van der Waals surface area contributed by atoms with E-state index in [0.29, 0.717) is 5.75 Å². The zero-order valence-corrected chi connectivity index (χ0v) is 15.0. The summed E-state index contributed by atoms with van der Waals surface area (Å²) in [5.74, 6) is 0.420. The van der Waals surface area contributed by atoms with Gasteiger partial charge in [-0.2, -0.15) is 0 Å². The summed E-state index contributed by atoms with van der Waals surface area (Å²) in [7, 11) is 4.66. The van der Waals surface area contributed by atoms with Gasteiger partial charge in [0.1, 0.15) is 11.5 Å². The lowest BCUT2D eigenvalue weighted by atomic mass is 9.74. The van der Waals surface area contributed by atoms with Crippen molar-refractivity contribution in [3.8, 4) is 11.5 Å². The Labute approximate surface area is 143 Å². The second-order valence-electron chi connectivity index (χ2n) is 6.90. The van der Waals surface area contributed by atoms with Crippen molar-refractivity contribution in [3.63, 3.8) is 0 Å². The van der Waals surface area contributed by atoms with Crippen LogP contribution in [-0.4, -0.2) is 44.1 Å². The van der Waals surface area contributed by atoms with Gasteiger partial charge in [0.15, 0.2) is 6.79 Å². The van der Waals surface area contributed by atoms with Crippen LogP contribution in [0.5, 0.6) is 11.5 Å². The zero-order chi connectivity index (χ0) is 17.9. The molecule has 0 unspecified atom stereocenters. The number of benzene rings is 1. The Morgan fingerprint density at radius 3 is 2.71 bits per heavy atom. The molecule has 1 aliphatic carbocycles. The third-order valence-corrected chi connectivity index (χ3v) is 4.91. The number of carbonyl (C=O) groups excluding carboxylic acids is 1. The first-order valence-electron chi connectivity index (χ1n) is 8.08. The SMILES string of the molecule is COCOc1ccc(O)cc1[C@H]1[C@@H](C(=O)N(C)OC)CCC1(C)C. The van der Waals surface area contributed by atoms with E-state index < -0.39 is 0 Å². The summed E-state index contributed by atoms with van der Waals surface area (Å²) in [4.78, 5) is 17.8. The summed E-state index contributed by atoms with van der Waals surface area (Å²) in [6, 6.07) is 4.99. The molecule has 134 valence electrons. The fourth-order valence-electron chi connectivity index (χ4n) is 3.65. The highest BCUT2D eigenvalue weighted by Crippen LogP contribution is 2.55. The zero-order valence-electron chi connectivity index (χ0n) is 15.0. The fourth-order valence-corrected chi connectivity index (χ4v) is 3.65. The average Bonchev–Trinajstić information content (AvgIpc) is 2.87. The molecule has 1 N–H and O–H groups in total. The van der Waals surface area contributed by atoms with Crippen molar-refractivity contribution in [1.82, 2.24) is 5.06 Å². The standard InChI is InChI=1S/C18H27NO5/c1-18(2)9-8-13(17(21)19(3)23-5)16(18)14-10-12(20)6-7-15(14)24-11-22-4/h6-7,10,13,16,20H,8-9,11H2,1-5H3/t13-,16+/m0/s1. The molecule has 0 aromatic heterocycles. The van der Waals surface area contributed by atoms with Gasteiger partial charge in [-0.1, -0.05) is 13.8 Å². The minimum absolute atomic E-state index is 0.0610. The van der Waals surface area contributed by atoms with Crippen LogP contribution in [-0.2, 0) is 14.4 Å². The summed E-state index contributed by atoms with van der Waals surface area (Å²) in [5, 5.41) is 11.2. The number of ether oxygens (including phenoxy) is 2. The number of carbonyl (C=O) groups is 1. The first-order chi connectivity index (χ1) is 11.3. The van der Waals surface area contributed by atoms with Crippen molar-refractivity contribution < 1.29 is 24.2 Å². The van der Waals surface area contributed by atoms with E-state index in [1.807, 2.05) is 0 Å². The summed E-state index contributed by atoms with van der Waals surface area (Å²) in [6.45, 7) is 4.39. The largest absolute Gasteiger partial charge is 0.508 e. The van der Waals surface area contributed by atoms with Crippen LogP contribution in [0.4, 0.5) is 0 Å². The van der Waals surface area contributed by atoms with Gasteiger partial charge < -0.3 is 14.6 Å². The maximum atomic E-state index is 12.7. The molecule has 6 heteroatoms. The van der Waals surface area contributed by atoms with E-state index in [0.717, 1.165) is 18.4 Å². The predicted molar refractivity (Wildman–Crippen MR) is 89.6 cm³/mol. The van der Waals surface area contributed by atoms with Gasteiger partial charge in [0.05, 0.1) is 7.11 Å². The number of hydroxylamine groups is 2. The van der Waals surface area contributed by atoms with Crippen LogP contribution in [0.2, 0.25) is 0 Å². The number of phenols is 1. The average molecular weight is 337 g/mol. The molecule has 0 radical (unpaired) electrons. The Kier molecular flexibility index (Phi) is 5.72. The van der Waals surface area contributed by atoms with Crippen molar-refractivity contribution in [3.05, 3.63) is 23.8 Å². The van der Waals surface area contributed by atoms with Crippen LogP contribution >= 0.6 is 0 Å². The van der Waals surface area contributed by atoms with E-state index in [9.17, 15) is 9.90 Å². The molecule has 1 amide bonds. The molecular formula is C18H27NO5. The molecule has 1 aromatic carbocycles. The number of phenolic OH excluding ortho intramolecular Hbond substituents is 1. The molecule has 0 bridgehead atoms. The van der Waals surface area contributed by atoms with Gasteiger partial charge >= 0.3 is 0 Å². The molecule has 6 nitrogen and oxygen atoms in total. The molecular weight excluding hydrogens is 310 g/mol. The van der Waals surface area contributed by atoms with Crippen LogP contribution in [0.3, 0.4) is 0 Å². The van der Waals surface area contributed by atoms with Crippen molar-refractivity contribution in [2.24, 2.45) is 11.3 Å². The molecule has 24 heavy (non-hydrogen) atoms. The third-order valence-electron chi connectivity index (χ3n) is 4.91.